The van der Waals surface area contributed by atoms with Crippen LogP contribution in [0.1, 0.15) is 70.8 Å². The molecule has 4 aromatic carbocycles. The fourth-order valence-electron chi connectivity index (χ4n) is 6.29. The molecule has 11 nitrogen and oxygen atoms in total. The normalized spacial score (nSPS) is 13.3. The molecule has 1 aromatic heterocycles. The van der Waals surface area contributed by atoms with E-state index in [9.17, 15) is 24.0 Å². The quantitative estimate of drug-likeness (QED) is 0.0683. The molecule has 2 heterocycles. The van der Waals surface area contributed by atoms with Crippen LogP contribution >= 0.6 is 23.1 Å². The van der Waals surface area contributed by atoms with Gasteiger partial charge < -0.3 is 30.3 Å². The first-order chi connectivity index (χ1) is 27.3. The molecule has 1 aliphatic heterocycles. The van der Waals surface area contributed by atoms with E-state index in [1.807, 2.05) is 61.5 Å². The highest BCUT2D eigenvalue weighted by Crippen LogP contribution is 2.39. The summed E-state index contributed by atoms with van der Waals surface area (Å²) in [6.07, 6.45) is 2.09. The Morgan fingerprint density at radius 1 is 0.912 bits per heavy atom. The second-order valence-electron chi connectivity index (χ2n) is 14.3. The van der Waals surface area contributed by atoms with E-state index in [2.05, 4.69) is 16.0 Å². The number of nitrogens with zero attached hydrogens (tertiary/aromatic N) is 1. The van der Waals surface area contributed by atoms with Crippen LogP contribution in [0.15, 0.2) is 108 Å². The van der Waals surface area contributed by atoms with Gasteiger partial charge in [-0.15, -0.1) is 23.1 Å². The van der Waals surface area contributed by atoms with Gasteiger partial charge in [-0.2, -0.15) is 0 Å². The van der Waals surface area contributed by atoms with Crippen molar-refractivity contribution < 1.29 is 33.4 Å². The predicted octanol–water partition coefficient (Wildman–Crippen LogP) is 8.90. The summed E-state index contributed by atoms with van der Waals surface area (Å²) >= 11 is 2.56. The Morgan fingerprint density at radius 2 is 1.63 bits per heavy atom. The average molecular weight is 805 g/mol. The second-order valence-corrected chi connectivity index (χ2v) is 16.7. The van der Waals surface area contributed by atoms with E-state index < -0.39 is 34.7 Å². The average Bonchev–Trinajstić information content (AvgIpc) is 3.56. The number of methoxy groups -OCH3 is 1. The summed E-state index contributed by atoms with van der Waals surface area (Å²) in [6, 6.07) is 29.3. The molecule has 0 radical (unpaired) electrons. The lowest BCUT2D eigenvalue weighted by Crippen LogP contribution is -2.39. The molecular formula is C44H44N4O7S2. The molecule has 1 atom stereocenters. The minimum atomic E-state index is -0.653. The number of carbonyl (C=O) groups excluding carboxylic acids is 5. The van der Waals surface area contributed by atoms with Crippen molar-refractivity contribution in [2.75, 3.05) is 24.3 Å². The number of amides is 4. The Labute approximate surface area is 339 Å². The minimum absolute atomic E-state index is 0.0540. The number of esters is 1. The lowest BCUT2D eigenvalue weighted by Gasteiger charge is -2.30. The molecule has 13 heteroatoms. The van der Waals surface area contributed by atoms with Crippen LogP contribution in [0.4, 0.5) is 15.5 Å². The summed E-state index contributed by atoms with van der Waals surface area (Å²) in [5, 5.41) is 10.4. The van der Waals surface area contributed by atoms with Gasteiger partial charge in [-0.3, -0.25) is 14.4 Å². The molecule has 0 saturated heterocycles. The number of thiophene rings is 1. The highest BCUT2D eigenvalue weighted by molar-refractivity contribution is 8.00. The van der Waals surface area contributed by atoms with Gasteiger partial charge >= 0.3 is 12.1 Å². The van der Waals surface area contributed by atoms with Crippen LogP contribution in [0, 0.1) is 0 Å². The molecule has 0 spiro atoms. The minimum Gasteiger partial charge on any atom is -0.465 e. The summed E-state index contributed by atoms with van der Waals surface area (Å²) in [5.41, 5.74) is 2.07. The Hall–Kier alpha value is -5.92. The Morgan fingerprint density at radius 3 is 2.37 bits per heavy atom. The van der Waals surface area contributed by atoms with Gasteiger partial charge in [0.25, 0.3) is 11.8 Å². The van der Waals surface area contributed by atoms with E-state index in [0.29, 0.717) is 41.2 Å². The molecule has 4 amide bonds. The van der Waals surface area contributed by atoms with E-state index in [0.717, 1.165) is 31.7 Å². The van der Waals surface area contributed by atoms with Gasteiger partial charge in [-0.05, 0) is 91.9 Å². The topological polar surface area (TPSA) is 143 Å². The molecule has 0 aliphatic carbocycles. The molecule has 1 aliphatic rings. The fourth-order valence-corrected chi connectivity index (χ4v) is 8.56. The van der Waals surface area contributed by atoms with Crippen LogP contribution in [-0.4, -0.2) is 59.2 Å². The van der Waals surface area contributed by atoms with Crippen molar-refractivity contribution >= 4 is 80.4 Å². The SMILES string of the molecule is CCC(Sc1cccc(NC(=O)/C(=C\c2cccc3ccccc23)NC(=O)c2ccccc2)c1)C(=O)Nc1sc2c(c1C(=O)OC)CCN(C(=O)OC(C)(C)C)C2. The van der Waals surface area contributed by atoms with Crippen LogP contribution in [0.5, 0.6) is 0 Å². The van der Waals surface area contributed by atoms with E-state index in [1.165, 1.54) is 30.2 Å². The number of nitrogens with one attached hydrogen (secondary N) is 3. The number of rotatable bonds is 11. The molecule has 0 bridgehead atoms. The highest BCUT2D eigenvalue weighted by Gasteiger charge is 2.33. The van der Waals surface area contributed by atoms with Crippen molar-refractivity contribution in [1.82, 2.24) is 10.2 Å². The van der Waals surface area contributed by atoms with Gasteiger partial charge in [0, 0.05) is 27.6 Å². The van der Waals surface area contributed by atoms with Crippen molar-refractivity contribution in [2.24, 2.45) is 0 Å². The predicted molar refractivity (Wildman–Crippen MR) is 225 cm³/mol. The largest absolute Gasteiger partial charge is 0.465 e. The molecule has 1 unspecified atom stereocenters. The summed E-state index contributed by atoms with van der Waals surface area (Å²) in [5.74, 6) is -1.83. The zero-order valence-electron chi connectivity index (χ0n) is 32.3. The maximum absolute atomic E-state index is 13.9. The first-order valence-electron chi connectivity index (χ1n) is 18.5. The monoisotopic (exact) mass is 804 g/mol. The van der Waals surface area contributed by atoms with E-state index in [1.54, 1.807) is 74.2 Å². The van der Waals surface area contributed by atoms with Crippen molar-refractivity contribution in [1.29, 1.82) is 0 Å². The number of ether oxygens (including phenoxy) is 2. The number of carbonyl (C=O) groups is 5. The maximum atomic E-state index is 13.9. The number of hydrogen-bond acceptors (Lipinski definition) is 9. The molecule has 5 aromatic rings. The van der Waals surface area contributed by atoms with Crippen molar-refractivity contribution in [3.63, 3.8) is 0 Å². The van der Waals surface area contributed by atoms with Crippen LogP contribution < -0.4 is 16.0 Å². The van der Waals surface area contributed by atoms with Crippen molar-refractivity contribution in [3.8, 4) is 0 Å². The third-order valence-corrected chi connectivity index (χ3v) is 11.5. The van der Waals surface area contributed by atoms with E-state index in [-0.39, 0.29) is 18.1 Å². The molecule has 0 fully saturated rings. The van der Waals surface area contributed by atoms with E-state index in [4.69, 9.17) is 9.47 Å². The van der Waals surface area contributed by atoms with Gasteiger partial charge in [-0.25, -0.2) is 9.59 Å². The van der Waals surface area contributed by atoms with Crippen LogP contribution in [0.2, 0.25) is 0 Å². The third kappa shape index (κ3) is 10.1. The molecule has 0 saturated carbocycles. The van der Waals surface area contributed by atoms with Gasteiger partial charge in [0.2, 0.25) is 5.91 Å². The molecule has 3 N–H and O–H groups in total. The molecule has 57 heavy (non-hydrogen) atoms. The number of anilines is 2. The Balaban J connectivity index is 1.19. The first-order valence-corrected chi connectivity index (χ1v) is 20.2. The number of thioether (sulfide) groups is 1. The van der Waals surface area contributed by atoms with E-state index >= 15 is 0 Å². The van der Waals surface area contributed by atoms with Crippen molar-refractivity contribution in [2.45, 2.75) is 62.8 Å². The zero-order chi connectivity index (χ0) is 40.7. The number of benzene rings is 4. The fraction of sp³-hybridized carbons (Fsp3) is 0.250. The summed E-state index contributed by atoms with van der Waals surface area (Å²) in [4.78, 5) is 69.9. The van der Waals surface area contributed by atoms with Gasteiger partial charge in [0.15, 0.2) is 0 Å². The standard InChI is InChI=1S/C44H44N4O7S2/c1-6-35(40(51)47-41-37(42(52)54-5)33-22-23-48(26-36(33)57-41)43(53)55-44(2,3)4)56-31-20-13-19-30(25-31)45-39(50)34(46-38(49)28-15-8-7-9-16-28)24-29-18-12-17-27-14-10-11-21-32(27)29/h7-21,24-25,35H,6,22-23,26H2,1-5H3,(H,45,50)(H,46,49)(H,47,51)/b34-24+. The van der Waals surface area contributed by atoms with Gasteiger partial charge in [0.1, 0.15) is 16.3 Å². The molecular weight excluding hydrogens is 761 g/mol. The first kappa shape index (κ1) is 40.7. The number of hydrogen-bond donors (Lipinski definition) is 3. The Bertz CT molecular complexity index is 2340. The zero-order valence-corrected chi connectivity index (χ0v) is 34.0. The molecule has 6 rings (SSSR count). The second kappa shape index (κ2) is 17.9. The summed E-state index contributed by atoms with van der Waals surface area (Å²) < 4.78 is 10.7. The maximum Gasteiger partial charge on any atom is 0.410 e. The summed E-state index contributed by atoms with van der Waals surface area (Å²) in [6.45, 7) is 7.91. The smallest absolute Gasteiger partial charge is 0.410 e. The summed E-state index contributed by atoms with van der Waals surface area (Å²) in [7, 11) is 1.30. The molecule has 294 valence electrons. The highest BCUT2D eigenvalue weighted by atomic mass is 32.2. The van der Waals surface area contributed by atoms with Gasteiger partial charge in [-0.1, -0.05) is 73.7 Å². The van der Waals surface area contributed by atoms with Crippen molar-refractivity contribution in [3.05, 3.63) is 130 Å². The number of fused-ring (bicyclic) bond motifs is 2. The third-order valence-electron chi connectivity index (χ3n) is 9.02. The lowest BCUT2D eigenvalue weighted by molar-refractivity contribution is -0.116. The van der Waals surface area contributed by atoms with Crippen LogP contribution in [-0.2, 0) is 32.0 Å². The van der Waals surface area contributed by atoms with Crippen LogP contribution in [0.3, 0.4) is 0 Å². The Kier molecular flexibility index (Phi) is 12.8. The van der Waals surface area contributed by atoms with Crippen LogP contribution in [0.25, 0.3) is 16.8 Å². The van der Waals surface area contributed by atoms with Gasteiger partial charge in [0.05, 0.1) is 24.5 Å². The lowest BCUT2D eigenvalue weighted by atomic mass is 10.0.